The molecule has 0 radical (unpaired) electrons. The van der Waals surface area contributed by atoms with Crippen molar-refractivity contribution in [3.05, 3.63) is 70.3 Å². The minimum atomic E-state index is -1.27. The van der Waals surface area contributed by atoms with Crippen molar-refractivity contribution < 1.29 is 24.9 Å². The fourth-order valence-electron chi connectivity index (χ4n) is 4.23. The van der Waals surface area contributed by atoms with Gasteiger partial charge in [-0.2, -0.15) is 0 Å². The summed E-state index contributed by atoms with van der Waals surface area (Å²) >= 11 is 1.30. The predicted octanol–water partition coefficient (Wildman–Crippen LogP) is 2.80. The summed E-state index contributed by atoms with van der Waals surface area (Å²) in [7, 11) is 0. The standard InChI is InChI=1S/C25H33NO5S/c1-4-5-19(24(26)30)16-10-7-15(8-11-16)12-18-13-17(9-6-14(18)2)23-21(28)20(27)22(29)25(31-23)32-3/h6-11,13,19-23,25,27-29H,4-5,12H2,1-3H3,(H2,26,30)/t19?,20-,21-,22+,23+,25-/m1/s1. The van der Waals surface area contributed by atoms with Crippen molar-refractivity contribution in [3.63, 3.8) is 0 Å². The zero-order chi connectivity index (χ0) is 23.4. The number of ether oxygens (including phenoxy) is 1. The number of aryl methyl sites for hydroxylation is 1. The Morgan fingerprint density at radius 2 is 1.78 bits per heavy atom. The number of thioether (sulfide) groups is 1. The summed E-state index contributed by atoms with van der Waals surface area (Å²) in [5.74, 6) is -0.569. The van der Waals surface area contributed by atoms with Gasteiger partial charge in [-0.3, -0.25) is 4.79 Å². The predicted molar refractivity (Wildman–Crippen MR) is 126 cm³/mol. The number of aliphatic hydroxyl groups excluding tert-OH is 3. The van der Waals surface area contributed by atoms with Gasteiger partial charge >= 0.3 is 0 Å². The Kier molecular flexibility index (Phi) is 8.36. The molecule has 5 N–H and O–H groups in total. The molecule has 1 saturated heterocycles. The smallest absolute Gasteiger partial charge is 0.224 e. The summed E-state index contributed by atoms with van der Waals surface area (Å²) in [4.78, 5) is 11.8. The second-order valence-electron chi connectivity index (χ2n) is 8.48. The van der Waals surface area contributed by atoms with Crippen LogP contribution in [0.15, 0.2) is 42.5 Å². The van der Waals surface area contributed by atoms with Crippen LogP contribution < -0.4 is 5.73 Å². The van der Waals surface area contributed by atoms with Crippen LogP contribution in [0.2, 0.25) is 0 Å². The molecule has 3 rings (SSSR count). The summed E-state index contributed by atoms with van der Waals surface area (Å²) in [6.45, 7) is 4.06. The van der Waals surface area contributed by atoms with Crippen LogP contribution in [0.4, 0.5) is 0 Å². The van der Waals surface area contributed by atoms with Crippen LogP contribution in [-0.4, -0.2) is 51.2 Å². The van der Waals surface area contributed by atoms with Crippen LogP contribution in [0.3, 0.4) is 0 Å². The molecule has 0 spiro atoms. The van der Waals surface area contributed by atoms with Gasteiger partial charge in [0.25, 0.3) is 0 Å². The van der Waals surface area contributed by atoms with E-state index in [0.717, 1.165) is 40.7 Å². The van der Waals surface area contributed by atoms with Crippen molar-refractivity contribution in [2.45, 2.75) is 68.9 Å². The van der Waals surface area contributed by atoms with Crippen molar-refractivity contribution in [2.75, 3.05) is 6.26 Å². The maximum Gasteiger partial charge on any atom is 0.224 e. The number of nitrogens with two attached hydrogens (primary N) is 1. The van der Waals surface area contributed by atoms with E-state index >= 15 is 0 Å². The first-order valence-corrected chi connectivity index (χ1v) is 12.3. The summed E-state index contributed by atoms with van der Waals surface area (Å²) in [6, 6.07) is 13.8. The molecule has 1 aliphatic rings. The molecule has 1 heterocycles. The van der Waals surface area contributed by atoms with Gasteiger partial charge in [0.2, 0.25) is 5.91 Å². The zero-order valence-electron chi connectivity index (χ0n) is 18.8. The lowest BCUT2D eigenvalue weighted by molar-refractivity contribution is -0.200. The molecule has 6 atom stereocenters. The van der Waals surface area contributed by atoms with E-state index in [1.165, 1.54) is 11.8 Å². The van der Waals surface area contributed by atoms with E-state index < -0.39 is 29.9 Å². The van der Waals surface area contributed by atoms with Crippen LogP contribution in [0.5, 0.6) is 0 Å². The molecular weight excluding hydrogens is 426 g/mol. The second-order valence-corrected chi connectivity index (χ2v) is 9.42. The molecule has 1 unspecified atom stereocenters. The van der Waals surface area contributed by atoms with Gasteiger partial charge in [0.15, 0.2) is 0 Å². The summed E-state index contributed by atoms with van der Waals surface area (Å²) in [5, 5.41) is 30.9. The van der Waals surface area contributed by atoms with Gasteiger partial charge in [-0.25, -0.2) is 0 Å². The average molecular weight is 460 g/mol. The molecule has 6 nitrogen and oxygen atoms in total. The Morgan fingerprint density at radius 1 is 1.09 bits per heavy atom. The Balaban J connectivity index is 1.81. The number of benzene rings is 2. The highest BCUT2D eigenvalue weighted by atomic mass is 32.2. The fourth-order valence-corrected chi connectivity index (χ4v) is 4.90. The minimum Gasteiger partial charge on any atom is -0.387 e. The van der Waals surface area contributed by atoms with E-state index in [1.54, 1.807) is 6.26 Å². The monoisotopic (exact) mass is 459 g/mol. The average Bonchev–Trinajstić information content (AvgIpc) is 2.78. The Hall–Kier alpha value is -1.90. The lowest BCUT2D eigenvalue weighted by Crippen LogP contribution is -2.52. The first kappa shape index (κ1) is 24.7. The van der Waals surface area contributed by atoms with Crippen molar-refractivity contribution in [2.24, 2.45) is 5.73 Å². The van der Waals surface area contributed by atoms with Crippen molar-refractivity contribution in [1.29, 1.82) is 0 Å². The highest BCUT2D eigenvalue weighted by Gasteiger charge is 2.44. The van der Waals surface area contributed by atoms with E-state index in [2.05, 4.69) is 0 Å². The maximum absolute atomic E-state index is 11.8. The van der Waals surface area contributed by atoms with E-state index in [4.69, 9.17) is 10.5 Å². The zero-order valence-corrected chi connectivity index (χ0v) is 19.6. The summed E-state index contributed by atoms with van der Waals surface area (Å²) < 4.78 is 5.91. The molecule has 0 aromatic heterocycles. The van der Waals surface area contributed by atoms with E-state index in [-0.39, 0.29) is 11.8 Å². The maximum atomic E-state index is 11.8. The SMILES string of the molecule is CCCC(C(N)=O)c1ccc(Cc2cc([C@@H]3O[C@H](SC)[C@@H](O)[C@H](O)[C@H]3O)ccc2C)cc1. The van der Waals surface area contributed by atoms with Gasteiger partial charge < -0.3 is 25.8 Å². The second kappa shape index (κ2) is 10.8. The van der Waals surface area contributed by atoms with Crippen LogP contribution in [0.1, 0.15) is 59.6 Å². The molecule has 2 aromatic carbocycles. The third-order valence-corrected chi connectivity index (χ3v) is 7.06. The molecule has 0 aliphatic carbocycles. The molecule has 0 saturated carbocycles. The van der Waals surface area contributed by atoms with Gasteiger partial charge in [0.05, 0.1) is 5.92 Å². The van der Waals surface area contributed by atoms with Gasteiger partial charge in [0.1, 0.15) is 29.9 Å². The molecule has 1 fully saturated rings. The van der Waals surface area contributed by atoms with Crippen molar-refractivity contribution in [1.82, 2.24) is 0 Å². The molecule has 32 heavy (non-hydrogen) atoms. The van der Waals surface area contributed by atoms with Gasteiger partial charge in [-0.05, 0) is 53.8 Å². The van der Waals surface area contributed by atoms with Crippen molar-refractivity contribution >= 4 is 17.7 Å². The highest BCUT2D eigenvalue weighted by molar-refractivity contribution is 7.99. The van der Waals surface area contributed by atoms with Crippen molar-refractivity contribution in [3.8, 4) is 0 Å². The number of carbonyl (C=O) groups is 1. The lowest BCUT2D eigenvalue weighted by Gasteiger charge is -2.40. The van der Waals surface area contributed by atoms with E-state index in [9.17, 15) is 20.1 Å². The Bertz CT molecular complexity index is 917. The van der Waals surface area contributed by atoms with Gasteiger partial charge in [-0.1, -0.05) is 55.8 Å². The molecule has 2 aromatic rings. The van der Waals surface area contributed by atoms with E-state index in [1.807, 2.05) is 56.3 Å². The molecule has 7 heteroatoms. The largest absolute Gasteiger partial charge is 0.387 e. The third kappa shape index (κ3) is 5.35. The molecule has 1 aliphatic heterocycles. The highest BCUT2D eigenvalue weighted by Crippen LogP contribution is 2.36. The Labute approximate surface area is 193 Å². The normalized spacial score (nSPS) is 26.6. The number of hydrogen-bond donors (Lipinski definition) is 4. The number of aliphatic hydroxyl groups is 3. The van der Waals surface area contributed by atoms with Crippen LogP contribution in [0.25, 0.3) is 0 Å². The minimum absolute atomic E-state index is 0.268. The van der Waals surface area contributed by atoms with Gasteiger partial charge in [0, 0.05) is 0 Å². The Morgan fingerprint density at radius 3 is 2.38 bits per heavy atom. The fraction of sp³-hybridized carbons (Fsp3) is 0.480. The molecule has 1 amide bonds. The quantitative estimate of drug-likeness (QED) is 0.483. The molecule has 174 valence electrons. The molecular formula is C25H33NO5S. The summed E-state index contributed by atoms with van der Waals surface area (Å²) in [6.07, 6.45) is -0.263. The number of rotatable bonds is 8. The number of hydrogen-bond acceptors (Lipinski definition) is 6. The first-order valence-electron chi connectivity index (χ1n) is 11.0. The third-order valence-electron chi connectivity index (χ3n) is 6.20. The number of carbonyl (C=O) groups excluding carboxylic acids is 1. The van der Waals surface area contributed by atoms with Crippen LogP contribution in [-0.2, 0) is 16.0 Å². The number of amides is 1. The lowest BCUT2D eigenvalue weighted by atomic mass is 9.90. The molecule has 0 bridgehead atoms. The number of primary amides is 1. The van der Waals surface area contributed by atoms with Gasteiger partial charge in [-0.15, -0.1) is 11.8 Å². The van der Waals surface area contributed by atoms with Crippen LogP contribution >= 0.6 is 11.8 Å². The summed E-state index contributed by atoms with van der Waals surface area (Å²) in [5.41, 5.74) is 9.92. The topological polar surface area (TPSA) is 113 Å². The first-order chi connectivity index (χ1) is 15.3. The van der Waals surface area contributed by atoms with E-state index in [0.29, 0.717) is 6.42 Å². The van der Waals surface area contributed by atoms with Crippen LogP contribution in [0, 0.1) is 6.92 Å².